The third-order valence-corrected chi connectivity index (χ3v) is 7.89. The van der Waals surface area contributed by atoms with E-state index >= 15 is 0 Å². The van der Waals surface area contributed by atoms with Gasteiger partial charge in [0.1, 0.15) is 17.6 Å². The number of hydrogen-bond acceptors (Lipinski definition) is 7. The van der Waals surface area contributed by atoms with Crippen LogP contribution in [-0.4, -0.2) is 20.3 Å². The summed E-state index contributed by atoms with van der Waals surface area (Å²) >= 11 is 9.12. The Morgan fingerprint density at radius 1 is 1.05 bits per heavy atom. The highest BCUT2D eigenvalue weighted by atomic mass is 35.5. The van der Waals surface area contributed by atoms with Crippen molar-refractivity contribution in [2.24, 2.45) is 0 Å². The molecule has 0 fully saturated rings. The Morgan fingerprint density at radius 2 is 1.89 bits per heavy atom. The van der Waals surface area contributed by atoms with Crippen molar-refractivity contribution >= 4 is 46.0 Å². The van der Waals surface area contributed by atoms with Gasteiger partial charge in [-0.2, -0.15) is 15.0 Å². The highest BCUT2D eigenvalue weighted by Gasteiger charge is 2.20. The first-order valence-electron chi connectivity index (χ1n) is 11.4. The van der Waals surface area contributed by atoms with Crippen molar-refractivity contribution in [3.8, 4) is 17.3 Å². The second-order valence-electron chi connectivity index (χ2n) is 8.08. The number of nitriles is 1. The first-order valence-corrected chi connectivity index (χ1v) is 13.5. The summed E-state index contributed by atoms with van der Waals surface area (Å²) in [5.74, 6) is 0.150. The number of pyridine rings is 1. The van der Waals surface area contributed by atoms with Crippen LogP contribution in [-0.2, 0) is 19.5 Å². The van der Waals surface area contributed by atoms with E-state index in [1.807, 2.05) is 35.7 Å². The summed E-state index contributed by atoms with van der Waals surface area (Å²) in [6.07, 6.45) is 0.632. The number of carbonyl (C=O) groups excluding carboxylic acids is 1. The van der Waals surface area contributed by atoms with E-state index in [4.69, 9.17) is 11.6 Å². The summed E-state index contributed by atoms with van der Waals surface area (Å²) in [4.78, 5) is 28.2. The topological polar surface area (TPSA) is 92.7 Å². The molecule has 0 saturated carbocycles. The fourth-order valence-electron chi connectivity index (χ4n) is 3.93. The predicted molar refractivity (Wildman–Crippen MR) is 147 cm³/mol. The average Bonchev–Trinajstić information content (AvgIpc) is 3.68. The van der Waals surface area contributed by atoms with Gasteiger partial charge in [-0.25, -0.2) is 0 Å². The summed E-state index contributed by atoms with van der Waals surface area (Å²) in [6, 6.07) is 23.5. The number of thiophene rings is 2. The molecule has 4 aromatic heterocycles. The minimum Gasteiger partial charge on any atom is -0.365 e. The van der Waals surface area contributed by atoms with Crippen LogP contribution in [0.5, 0.6) is 0 Å². The first-order chi connectivity index (χ1) is 18.0. The fraction of sp³-hybridized carbons (Fsp3) is 0.111. The number of carbonyl (C=O) groups is 1. The Labute approximate surface area is 225 Å². The smallest absolute Gasteiger partial charge is 0.280 e. The molecule has 4 heterocycles. The molecule has 10 heteroatoms. The van der Waals surface area contributed by atoms with Crippen LogP contribution in [0, 0.1) is 11.3 Å². The maximum atomic E-state index is 13.4. The number of nitrogens with zero attached hydrogens (tertiary/aromatic N) is 4. The minimum absolute atomic E-state index is 0.206. The average molecular weight is 546 g/mol. The van der Waals surface area contributed by atoms with E-state index in [1.165, 1.54) is 26.7 Å². The summed E-state index contributed by atoms with van der Waals surface area (Å²) in [6.45, 7) is 0.806. The van der Waals surface area contributed by atoms with Gasteiger partial charge in [-0.3, -0.25) is 14.2 Å². The molecule has 0 aliphatic heterocycles. The molecule has 0 aliphatic rings. The van der Waals surface area contributed by atoms with Crippen LogP contribution in [0.4, 0.5) is 5.82 Å². The van der Waals surface area contributed by atoms with Gasteiger partial charge in [-0.1, -0.05) is 35.9 Å². The number of aryl methyl sites for hydroxylation is 1. The van der Waals surface area contributed by atoms with E-state index in [0.29, 0.717) is 46.5 Å². The quantitative estimate of drug-likeness (QED) is 0.262. The van der Waals surface area contributed by atoms with Gasteiger partial charge < -0.3 is 5.32 Å². The van der Waals surface area contributed by atoms with E-state index < -0.39 is 0 Å². The van der Waals surface area contributed by atoms with Crippen molar-refractivity contribution < 1.29 is 4.79 Å². The highest BCUT2D eigenvalue weighted by Crippen LogP contribution is 2.27. The Balaban J connectivity index is 1.54. The summed E-state index contributed by atoms with van der Waals surface area (Å²) < 4.78 is 3.44. The zero-order chi connectivity index (χ0) is 25.8. The van der Waals surface area contributed by atoms with Crippen molar-refractivity contribution in [2.45, 2.75) is 19.5 Å². The number of nitrogens with one attached hydrogen (secondary N) is 1. The van der Waals surface area contributed by atoms with Crippen molar-refractivity contribution in [3.05, 3.63) is 114 Å². The monoisotopic (exact) mass is 545 g/mol. The Morgan fingerprint density at radius 3 is 2.59 bits per heavy atom. The number of aromatic nitrogens is 3. The van der Waals surface area contributed by atoms with Crippen molar-refractivity contribution in [1.29, 1.82) is 5.26 Å². The van der Waals surface area contributed by atoms with Crippen LogP contribution in [0.15, 0.2) is 83.0 Å². The lowest BCUT2D eigenvalue weighted by molar-refractivity contribution is 0.0948. The normalized spacial score (nSPS) is 10.8. The van der Waals surface area contributed by atoms with Gasteiger partial charge in [0.2, 0.25) is 0 Å². The van der Waals surface area contributed by atoms with E-state index in [9.17, 15) is 14.9 Å². The van der Waals surface area contributed by atoms with Gasteiger partial charge in [-0.15, -0.1) is 22.7 Å². The molecule has 0 atom stereocenters. The number of rotatable bonds is 8. The van der Waals surface area contributed by atoms with Gasteiger partial charge in [0.25, 0.3) is 11.5 Å². The standard InChI is InChI=1S/C27H20ClN5O2S2/c28-24-10-8-20(37-24)17-30-25-15-22(31-33(25)27(35)18-5-2-1-3-6-18)21-9-11-26(34)32(23(21)16-29)13-12-19-7-4-14-36-19/h1-11,14-15,30H,12-13,17H2. The molecule has 1 aromatic carbocycles. The molecule has 0 amide bonds. The Hall–Kier alpha value is -3.97. The molecule has 0 radical (unpaired) electrons. The molecule has 0 bridgehead atoms. The highest BCUT2D eigenvalue weighted by molar-refractivity contribution is 7.16. The first kappa shape index (κ1) is 24.7. The third-order valence-electron chi connectivity index (χ3n) is 5.72. The molecular formula is C27H20ClN5O2S2. The van der Waals surface area contributed by atoms with E-state index in [0.717, 1.165) is 9.75 Å². The molecule has 0 aliphatic carbocycles. The van der Waals surface area contributed by atoms with Crippen LogP contribution in [0.1, 0.15) is 25.8 Å². The molecule has 5 rings (SSSR count). The third kappa shape index (κ3) is 5.42. The number of anilines is 1. The lowest BCUT2D eigenvalue weighted by Crippen LogP contribution is -2.23. The number of halogens is 1. The molecule has 0 spiro atoms. The zero-order valence-electron chi connectivity index (χ0n) is 19.4. The van der Waals surface area contributed by atoms with Crippen LogP contribution in [0.25, 0.3) is 11.3 Å². The lowest BCUT2D eigenvalue weighted by Gasteiger charge is -2.10. The van der Waals surface area contributed by atoms with Gasteiger partial charge >= 0.3 is 0 Å². The second kappa shape index (κ2) is 11.0. The molecule has 37 heavy (non-hydrogen) atoms. The molecule has 1 N–H and O–H groups in total. The van der Waals surface area contributed by atoms with Gasteiger partial charge in [0.05, 0.1) is 16.6 Å². The zero-order valence-corrected chi connectivity index (χ0v) is 21.8. The van der Waals surface area contributed by atoms with Gasteiger partial charge in [-0.05, 0) is 48.2 Å². The van der Waals surface area contributed by atoms with Crippen molar-refractivity contribution in [3.63, 3.8) is 0 Å². The van der Waals surface area contributed by atoms with Crippen molar-refractivity contribution in [2.75, 3.05) is 5.32 Å². The van der Waals surface area contributed by atoms with E-state index in [-0.39, 0.29) is 17.2 Å². The Kier molecular flexibility index (Phi) is 7.32. The van der Waals surface area contributed by atoms with Crippen LogP contribution in [0.2, 0.25) is 4.34 Å². The van der Waals surface area contributed by atoms with E-state index in [1.54, 1.807) is 47.7 Å². The Bertz CT molecular complexity index is 1650. The molecular weight excluding hydrogens is 526 g/mol. The van der Waals surface area contributed by atoms with E-state index in [2.05, 4.69) is 16.5 Å². The van der Waals surface area contributed by atoms with Crippen LogP contribution < -0.4 is 10.9 Å². The fourth-order valence-corrected chi connectivity index (χ4v) is 5.65. The predicted octanol–water partition coefficient (Wildman–Crippen LogP) is 5.90. The van der Waals surface area contributed by atoms with Crippen LogP contribution >= 0.6 is 34.3 Å². The molecule has 7 nitrogen and oxygen atoms in total. The number of hydrogen-bond donors (Lipinski definition) is 1. The molecule has 0 unspecified atom stereocenters. The molecule has 0 saturated heterocycles. The second-order valence-corrected chi connectivity index (χ2v) is 10.9. The van der Waals surface area contributed by atoms with Crippen molar-refractivity contribution in [1.82, 2.24) is 14.3 Å². The largest absolute Gasteiger partial charge is 0.365 e. The maximum Gasteiger partial charge on any atom is 0.280 e. The summed E-state index contributed by atoms with van der Waals surface area (Å²) in [7, 11) is 0. The molecule has 5 aromatic rings. The maximum absolute atomic E-state index is 13.4. The SMILES string of the molecule is N#Cc1c(-c2cc(NCc3ccc(Cl)s3)n(C(=O)c3ccccc3)n2)ccc(=O)n1CCc1cccs1. The summed E-state index contributed by atoms with van der Waals surface area (Å²) in [5.41, 5.74) is 1.32. The number of benzene rings is 1. The molecule has 184 valence electrons. The van der Waals surface area contributed by atoms with Crippen LogP contribution in [0.3, 0.4) is 0 Å². The van der Waals surface area contributed by atoms with Gasteiger partial charge in [0.15, 0.2) is 0 Å². The summed E-state index contributed by atoms with van der Waals surface area (Å²) in [5, 5.41) is 19.9. The minimum atomic E-state index is -0.317. The lowest BCUT2D eigenvalue weighted by atomic mass is 10.1. The van der Waals surface area contributed by atoms with Gasteiger partial charge in [0, 0.05) is 39.6 Å².